The van der Waals surface area contributed by atoms with Gasteiger partial charge in [-0.25, -0.2) is 4.79 Å². The Bertz CT molecular complexity index is 622. The maximum atomic E-state index is 11.7. The zero-order valence-corrected chi connectivity index (χ0v) is 10.8. The van der Waals surface area contributed by atoms with E-state index in [1.54, 1.807) is 12.1 Å². The van der Waals surface area contributed by atoms with E-state index < -0.39 is 12.1 Å². The van der Waals surface area contributed by atoms with Crippen LogP contribution in [-0.4, -0.2) is 41.9 Å². The molecule has 0 aliphatic heterocycles. The van der Waals surface area contributed by atoms with Crippen molar-refractivity contribution in [3.63, 3.8) is 0 Å². The number of nitrogens with one attached hydrogen (secondary N) is 1. The van der Waals surface area contributed by atoms with E-state index in [0.29, 0.717) is 11.3 Å². The smallest absolute Gasteiger partial charge is 0.336 e. The number of para-hydroxylation sites is 1. The van der Waals surface area contributed by atoms with Crippen molar-refractivity contribution in [2.24, 2.45) is 0 Å². The van der Waals surface area contributed by atoms with Gasteiger partial charge in [-0.15, -0.1) is 0 Å². The number of hydrogen-bond donors (Lipinski definition) is 2. The Morgan fingerprint density at radius 2 is 2.20 bits per heavy atom. The van der Waals surface area contributed by atoms with Gasteiger partial charge >= 0.3 is 5.97 Å². The van der Waals surface area contributed by atoms with Crippen LogP contribution in [0.4, 0.5) is 0 Å². The van der Waals surface area contributed by atoms with Crippen molar-refractivity contribution in [3.8, 4) is 0 Å². The van der Waals surface area contributed by atoms with Crippen molar-refractivity contribution in [2.75, 3.05) is 13.7 Å². The van der Waals surface area contributed by atoms with E-state index in [4.69, 9.17) is 4.52 Å². The molecule has 0 saturated heterocycles. The predicted octanol–water partition coefficient (Wildman–Crippen LogP) is 0.0204. The SMILES string of the molecule is COC(=O)C(O)CNC(=O)Cc1noc2ccccc12. The minimum atomic E-state index is -1.38. The second-order valence-corrected chi connectivity index (χ2v) is 4.15. The first kappa shape index (κ1) is 14.0. The summed E-state index contributed by atoms with van der Waals surface area (Å²) in [4.78, 5) is 22.7. The van der Waals surface area contributed by atoms with Crippen molar-refractivity contribution < 1.29 is 24.0 Å². The van der Waals surface area contributed by atoms with Crippen LogP contribution in [0.15, 0.2) is 28.8 Å². The van der Waals surface area contributed by atoms with Crippen molar-refractivity contribution in [3.05, 3.63) is 30.0 Å². The van der Waals surface area contributed by atoms with Crippen LogP contribution in [0, 0.1) is 0 Å². The molecule has 1 atom stereocenters. The number of carbonyl (C=O) groups is 2. The number of nitrogens with zero attached hydrogens (tertiary/aromatic N) is 1. The fourth-order valence-electron chi connectivity index (χ4n) is 1.71. The van der Waals surface area contributed by atoms with E-state index in [2.05, 4.69) is 15.2 Å². The molecule has 0 fully saturated rings. The number of ether oxygens (including phenoxy) is 1. The van der Waals surface area contributed by atoms with E-state index in [1.807, 2.05) is 12.1 Å². The van der Waals surface area contributed by atoms with Gasteiger partial charge in [0, 0.05) is 5.39 Å². The summed E-state index contributed by atoms with van der Waals surface area (Å²) in [5.74, 6) is -1.16. The lowest BCUT2D eigenvalue weighted by molar-refractivity contribution is -0.150. The van der Waals surface area contributed by atoms with Crippen LogP contribution in [0.1, 0.15) is 5.69 Å². The molecule has 0 aliphatic carbocycles. The number of hydrogen-bond acceptors (Lipinski definition) is 6. The highest BCUT2D eigenvalue weighted by Crippen LogP contribution is 2.17. The average molecular weight is 278 g/mol. The van der Waals surface area contributed by atoms with Crippen LogP contribution in [0.3, 0.4) is 0 Å². The van der Waals surface area contributed by atoms with Gasteiger partial charge in [0.2, 0.25) is 5.91 Å². The molecule has 0 radical (unpaired) electrons. The van der Waals surface area contributed by atoms with Crippen LogP contribution < -0.4 is 5.32 Å². The second-order valence-electron chi connectivity index (χ2n) is 4.15. The van der Waals surface area contributed by atoms with Gasteiger partial charge in [-0.3, -0.25) is 4.79 Å². The summed E-state index contributed by atoms with van der Waals surface area (Å²) in [5, 5.41) is 16.4. The lowest BCUT2D eigenvalue weighted by Gasteiger charge is -2.09. The number of esters is 1. The zero-order valence-electron chi connectivity index (χ0n) is 10.8. The molecule has 2 rings (SSSR count). The first-order valence-corrected chi connectivity index (χ1v) is 5.97. The molecule has 1 amide bonds. The van der Waals surface area contributed by atoms with Gasteiger partial charge in [0.15, 0.2) is 11.7 Å². The highest BCUT2D eigenvalue weighted by molar-refractivity contribution is 5.86. The Balaban J connectivity index is 1.93. The molecule has 7 heteroatoms. The minimum Gasteiger partial charge on any atom is -0.467 e. The molecule has 20 heavy (non-hydrogen) atoms. The van der Waals surface area contributed by atoms with E-state index in [1.165, 1.54) is 0 Å². The molecule has 1 heterocycles. The highest BCUT2D eigenvalue weighted by Gasteiger charge is 2.17. The Morgan fingerprint density at radius 1 is 1.45 bits per heavy atom. The van der Waals surface area contributed by atoms with Crippen LogP contribution >= 0.6 is 0 Å². The fourth-order valence-corrected chi connectivity index (χ4v) is 1.71. The fraction of sp³-hybridized carbons (Fsp3) is 0.308. The molecule has 7 nitrogen and oxygen atoms in total. The first-order valence-electron chi connectivity index (χ1n) is 5.97. The highest BCUT2D eigenvalue weighted by atomic mass is 16.5. The molecule has 106 valence electrons. The molecule has 2 N–H and O–H groups in total. The number of rotatable bonds is 5. The maximum absolute atomic E-state index is 11.7. The van der Waals surface area contributed by atoms with Crippen LogP contribution in [0.25, 0.3) is 11.0 Å². The Labute approximate surface area is 114 Å². The topological polar surface area (TPSA) is 102 Å². The lowest BCUT2D eigenvalue weighted by atomic mass is 10.1. The normalized spacial score (nSPS) is 12.1. The minimum absolute atomic E-state index is 0.00487. The third kappa shape index (κ3) is 3.12. The van der Waals surface area contributed by atoms with Gasteiger partial charge < -0.3 is 19.7 Å². The van der Waals surface area contributed by atoms with Gasteiger partial charge in [-0.05, 0) is 12.1 Å². The molecule has 1 unspecified atom stereocenters. The van der Waals surface area contributed by atoms with E-state index in [9.17, 15) is 14.7 Å². The van der Waals surface area contributed by atoms with Gasteiger partial charge in [0.05, 0.1) is 20.1 Å². The summed E-state index contributed by atoms with van der Waals surface area (Å²) in [7, 11) is 1.16. The third-order valence-electron chi connectivity index (χ3n) is 2.75. The van der Waals surface area contributed by atoms with Gasteiger partial charge in [-0.1, -0.05) is 17.3 Å². The molecule has 0 spiro atoms. The third-order valence-corrected chi connectivity index (χ3v) is 2.75. The van der Waals surface area contributed by atoms with Crippen molar-refractivity contribution in [1.29, 1.82) is 0 Å². The van der Waals surface area contributed by atoms with E-state index in [0.717, 1.165) is 12.5 Å². The largest absolute Gasteiger partial charge is 0.467 e. The summed E-state index contributed by atoms with van der Waals surface area (Å²) in [5.41, 5.74) is 1.11. The second kappa shape index (κ2) is 6.16. The Hall–Kier alpha value is -2.41. The van der Waals surface area contributed by atoms with E-state index in [-0.39, 0.29) is 18.9 Å². The summed E-state index contributed by atoms with van der Waals surface area (Å²) in [6.45, 7) is -0.207. The maximum Gasteiger partial charge on any atom is 0.336 e. The van der Waals surface area contributed by atoms with Crippen molar-refractivity contribution >= 4 is 22.8 Å². The molecule has 1 aromatic carbocycles. The molecular formula is C13H14N2O5. The van der Waals surface area contributed by atoms with Gasteiger partial charge in [0.25, 0.3) is 0 Å². The monoisotopic (exact) mass is 278 g/mol. The van der Waals surface area contributed by atoms with Crippen LogP contribution in [0.2, 0.25) is 0 Å². The lowest BCUT2D eigenvalue weighted by Crippen LogP contribution is -2.37. The number of fused-ring (bicyclic) bond motifs is 1. The number of aromatic nitrogens is 1. The molecule has 0 saturated carbocycles. The molecule has 0 aliphatic rings. The van der Waals surface area contributed by atoms with E-state index >= 15 is 0 Å². The zero-order chi connectivity index (χ0) is 14.5. The quantitative estimate of drug-likeness (QED) is 0.748. The van der Waals surface area contributed by atoms with Crippen molar-refractivity contribution in [2.45, 2.75) is 12.5 Å². The molecule has 2 aromatic rings. The Morgan fingerprint density at radius 3 is 2.95 bits per heavy atom. The first-order chi connectivity index (χ1) is 9.61. The summed E-state index contributed by atoms with van der Waals surface area (Å²) < 4.78 is 9.42. The number of carbonyl (C=O) groups excluding carboxylic acids is 2. The number of methoxy groups -OCH3 is 1. The standard InChI is InChI=1S/C13H14N2O5/c1-19-13(18)10(16)7-14-12(17)6-9-8-4-2-3-5-11(8)20-15-9/h2-5,10,16H,6-7H2,1H3,(H,14,17). The number of aliphatic hydroxyl groups excluding tert-OH is 1. The van der Waals surface area contributed by atoms with Gasteiger partial charge in [0.1, 0.15) is 5.69 Å². The predicted molar refractivity (Wildman–Crippen MR) is 68.7 cm³/mol. The number of aliphatic hydroxyl groups is 1. The van der Waals surface area contributed by atoms with Gasteiger partial charge in [-0.2, -0.15) is 0 Å². The number of amides is 1. The summed E-state index contributed by atoms with van der Waals surface area (Å²) in [6, 6.07) is 7.19. The van der Waals surface area contributed by atoms with Crippen molar-refractivity contribution in [1.82, 2.24) is 10.5 Å². The number of benzene rings is 1. The summed E-state index contributed by atoms with van der Waals surface area (Å²) in [6.07, 6.45) is -1.37. The molecular weight excluding hydrogens is 264 g/mol. The van der Waals surface area contributed by atoms with Crippen LogP contribution in [-0.2, 0) is 20.7 Å². The Kier molecular flexibility index (Phi) is 4.31. The van der Waals surface area contributed by atoms with Crippen LogP contribution in [0.5, 0.6) is 0 Å². The average Bonchev–Trinajstić information content (AvgIpc) is 2.87. The molecule has 1 aromatic heterocycles. The summed E-state index contributed by atoms with van der Waals surface area (Å²) >= 11 is 0. The molecule has 0 bridgehead atoms.